The summed E-state index contributed by atoms with van der Waals surface area (Å²) in [6.45, 7) is 28.3. The molecule has 0 amide bonds. The molecule has 1 aliphatic heterocycles. The molecule has 3 heteroatoms. The van der Waals surface area contributed by atoms with Crippen molar-refractivity contribution in [3.05, 3.63) is 173 Å². The molecule has 1 aliphatic carbocycles. The van der Waals surface area contributed by atoms with Crippen LogP contribution in [-0.2, 0) is 21.7 Å². The van der Waals surface area contributed by atoms with Crippen LogP contribution in [0.15, 0.2) is 150 Å². The highest BCUT2D eigenvalue weighted by atomic mass is 16.3. The van der Waals surface area contributed by atoms with Crippen LogP contribution in [-0.4, -0.2) is 5.54 Å². The molecule has 1 saturated carbocycles. The van der Waals surface area contributed by atoms with Gasteiger partial charge in [0, 0.05) is 44.4 Å². The van der Waals surface area contributed by atoms with Gasteiger partial charge in [-0.2, -0.15) is 0 Å². The quantitative estimate of drug-likeness (QED) is 0.166. The lowest BCUT2D eigenvalue weighted by Gasteiger charge is -2.50. The van der Waals surface area contributed by atoms with E-state index in [-0.39, 0.29) is 27.2 Å². The topological polar surface area (TPSA) is 19.6 Å². The van der Waals surface area contributed by atoms with E-state index >= 15 is 0 Å². The molecule has 10 rings (SSSR count). The third-order valence-corrected chi connectivity index (χ3v) is 15.5. The molecule has 1 fully saturated rings. The number of nitrogens with zero attached hydrogens (tertiary/aromatic N) is 2. The van der Waals surface area contributed by atoms with Crippen LogP contribution in [0.1, 0.15) is 130 Å². The number of hydrogen-bond acceptors (Lipinski definition) is 3. The van der Waals surface area contributed by atoms with Gasteiger partial charge < -0.3 is 14.2 Å². The lowest BCUT2D eigenvalue weighted by atomic mass is 9.61. The number of furan rings is 1. The van der Waals surface area contributed by atoms with Crippen LogP contribution < -0.4 is 9.80 Å². The largest absolute Gasteiger partial charge is 0.454 e. The van der Waals surface area contributed by atoms with E-state index in [1.165, 1.54) is 80.7 Å². The SMILES string of the molecule is Cc1cc(N(c2c(-c3ccccc3)cc(C(C)(C)C)cc2-c2ccccc2)c2cccc3c2oc2ccc(C(C)(C)C)cc23)cc(N2c3ccc(C(C)(C)C)cc3C3(C)CCCCC23C)c1. The highest BCUT2D eigenvalue weighted by molar-refractivity contribution is 6.12. The number of para-hydroxylation sites is 1. The van der Waals surface area contributed by atoms with Gasteiger partial charge in [0.1, 0.15) is 5.58 Å². The van der Waals surface area contributed by atoms with E-state index in [2.05, 4.69) is 238 Å². The van der Waals surface area contributed by atoms with E-state index in [0.717, 1.165) is 45.4 Å². The van der Waals surface area contributed by atoms with Crippen molar-refractivity contribution in [2.24, 2.45) is 0 Å². The maximum atomic E-state index is 7.14. The van der Waals surface area contributed by atoms with Crippen LogP contribution in [0, 0.1) is 6.92 Å². The van der Waals surface area contributed by atoms with Gasteiger partial charge in [-0.3, -0.25) is 0 Å². The normalized spacial score (nSPS) is 18.8. The highest BCUT2D eigenvalue weighted by Gasteiger charge is 2.58. The van der Waals surface area contributed by atoms with E-state index in [4.69, 9.17) is 4.42 Å². The molecule has 2 atom stereocenters. The molecule has 2 unspecified atom stereocenters. The van der Waals surface area contributed by atoms with Gasteiger partial charge in [0.15, 0.2) is 5.58 Å². The van der Waals surface area contributed by atoms with Crippen molar-refractivity contribution < 1.29 is 4.42 Å². The van der Waals surface area contributed by atoms with Gasteiger partial charge in [0.05, 0.1) is 16.9 Å². The molecular weight excluding hydrogens is 801 g/mol. The van der Waals surface area contributed by atoms with Crippen LogP contribution in [0.3, 0.4) is 0 Å². The fourth-order valence-corrected chi connectivity index (χ4v) is 11.4. The molecule has 3 nitrogen and oxygen atoms in total. The van der Waals surface area contributed by atoms with Gasteiger partial charge in [-0.1, -0.05) is 173 Å². The second kappa shape index (κ2) is 15.5. The summed E-state index contributed by atoms with van der Waals surface area (Å²) < 4.78 is 7.14. The molecule has 0 saturated heterocycles. The third-order valence-electron chi connectivity index (χ3n) is 15.5. The fraction of sp³-hybridized carbons (Fsp3) is 0.333. The van der Waals surface area contributed by atoms with Crippen molar-refractivity contribution in [2.75, 3.05) is 9.80 Å². The van der Waals surface area contributed by atoms with Gasteiger partial charge >= 0.3 is 0 Å². The van der Waals surface area contributed by atoms with Crippen molar-refractivity contribution in [1.29, 1.82) is 0 Å². The van der Waals surface area contributed by atoms with Gasteiger partial charge in [0.2, 0.25) is 0 Å². The van der Waals surface area contributed by atoms with Crippen LogP contribution in [0.5, 0.6) is 0 Å². The van der Waals surface area contributed by atoms with Crippen molar-refractivity contribution in [3.8, 4) is 22.3 Å². The summed E-state index contributed by atoms with van der Waals surface area (Å²) in [5, 5.41) is 2.26. The smallest absolute Gasteiger partial charge is 0.159 e. The van der Waals surface area contributed by atoms with Crippen LogP contribution >= 0.6 is 0 Å². The maximum Gasteiger partial charge on any atom is 0.159 e. The minimum atomic E-state index is -0.109. The second-order valence-electron chi connectivity index (χ2n) is 23.1. The summed E-state index contributed by atoms with van der Waals surface area (Å²) in [6.07, 6.45) is 4.78. The monoisotopic (exact) mass is 869 g/mol. The predicted molar refractivity (Wildman–Crippen MR) is 283 cm³/mol. The molecule has 336 valence electrons. The minimum absolute atomic E-state index is 0.000954. The molecule has 7 aromatic carbocycles. The number of hydrogen-bond donors (Lipinski definition) is 0. The number of rotatable bonds is 6. The first-order valence-corrected chi connectivity index (χ1v) is 24.4. The molecular formula is C63H68N2O. The molecule has 0 bridgehead atoms. The number of anilines is 5. The average molecular weight is 869 g/mol. The first kappa shape index (κ1) is 43.8. The molecule has 66 heavy (non-hydrogen) atoms. The van der Waals surface area contributed by atoms with Crippen molar-refractivity contribution >= 4 is 50.4 Å². The second-order valence-corrected chi connectivity index (χ2v) is 23.1. The molecule has 2 aliphatic rings. The third kappa shape index (κ3) is 7.16. The number of fused-ring (bicyclic) bond motifs is 6. The molecule has 2 heterocycles. The van der Waals surface area contributed by atoms with Crippen LogP contribution in [0.2, 0.25) is 0 Å². The Labute approximate surface area is 394 Å². The molecule has 0 spiro atoms. The van der Waals surface area contributed by atoms with Gasteiger partial charge in [-0.05, 0) is 136 Å². The average Bonchev–Trinajstić information content (AvgIpc) is 3.75. The Morgan fingerprint density at radius 2 is 1.14 bits per heavy atom. The van der Waals surface area contributed by atoms with Crippen LogP contribution in [0.4, 0.5) is 28.4 Å². The van der Waals surface area contributed by atoms with E-state index in [1.807, 2.05) is 0 Å². The standard InChI is InChI=1S/C63H68N2O/c1-41-34-47(40-48(35-41)65-54-30-28-45(60(5,6)7)39-53(54)62(11)32-19-20-33-63(62,65)12)64(55-27-21-26-49-52-36-44(59(2,3)4)29-31-56(52)66-58(49)55)57-50(42-22-15-13-16-23-42)37-46(61(8,9)10)38-51(57)43-24-17-14-18-25-43/h13-18,21-31,34-40H,19-20,32-33H2,1-12H3. The summed E-state index contributed by atoms with van der Waals surface area (Å²) >= 11 is 0. The predicted octanol–water partition coefficient (Wildman–Crippen LogP) is 18.3. The zero-order valence-corrected chi connectivity index (χ0v) is 41.5. The summed E-state index contributed by atoms with van der Waals surface area (Å²) in [4.78, 5) is 5.29. The molecule has 8 aromatic rings. The maximum absolute atomic E-state index is 7.14. The van der Waals surface area contributed by atoms with Crippen molar-refractivity contribution in [2.45, 2.75) is 136 Å². The summed E-state index contributed by atoms with van der Waals surface area (Å²) in [5.74, 6) is 0. The van der Waals surface area contributed by atoms with E-state index in [9.17, 15) is 0 Å². The van der Waals surface area contributed by atoms with E-state index in [1.54, 1.807) is 0 Å². The Morgan fingerprint density at radius 1 is 0.545 bits per heavy atom. The number of aryl methyl sites for hydroxylation is 1. The van der Waals surface area contributed by atoms with Crippen molar-refractivity contribution in [1.82, 2.24) is 0 Å². The molecule has 0 radical (unpaired) electrons. The van der Waals surface area contributed by atoms with Gasteiger partial charge in [-0.25, -0.2) is 0 Å². The summed E-state index contributed by atoms with van der Waals surface area (Å²) in [7, 11) is 0. The number of benzene rings is 7. The first-order chi connectivity index (χ1) is 31.3. The van der Waals surface area contributed by atoms with Crippen molar-refractivity contribution in [3.63, 3.8) is 0 Å². The summed E-state index contributed by atoms with van der Waals surface area (Å²) in [5.41, 5.74) is 18.9. The zero-order valence-electron chi connectivity index (χ0n) is 41.5. The Balaban J connectivity index is 1.31. The first-order valence-electron chi connectivity index (χ1n) is 24.4. The highest BCUT2D eigenvalue weighted by Crippen LogP contribution is 2.62. The lowest BCUT2D eigenvalue weighted by Crippen LogP contribution is -2.54. The minimum Gasteiger partial charge on any atom is -0.454 e. The Morgan fingerprint density at radius 3 is 1.76 bits per heavy atom. The Kier molecular flexibility index (Phi) is 10.3. The summed E-state index contributed by atoms with van der Waals surface area (Å²) in [6, 6.07) is 55.1. The fourth-order valence-electron chi connectivity index (χ4n) is 11.4. The molecule has 1 aromatic heterocycles. The Hall–Kier alpha value is -6.06. The lowest BCUT2D eigenvalue weighted by molar-refractivity contribution is 0.195. The van der Waals surface area contributed by atoms with Gasteiger partial charge in [0.25, 0.3) is 0 Å². The van der Waals surface area contributed by atoms with Crippen LogP contribution in [0.25, 0.3) is 44.2 Å². The zero-order chi connectivity index (χ0) is 46.6. The van der Waals surface area contributed by atoms with E-state index in [0.29, 0.717) is 0 Å². The van der Waals surface area contributed by atoms with Gasteiger partial charge in [-0.15, -0.1) is 0 Å². The molecule has 0 N–H and O–H groups in total. The Bertz CT molecular complexity index is 3070. The van der Waals surface area contributed by atoms with E-state index < -0.39 is 0 Å².